The van der Waals surface area contributed by atoms with Gasteiger partial charge in [0.2, 0.25) is 5.75 Å². The highest BCUT2D eigenvalue weighted by atomic mass is 79.9. The molecule has 2 aromatic carbocycles. The van der Waals surface area contributed by atoms with Crippen molar-refractivity contribution >= 4 is 45.5 Å². The molecule has 9 heteroatoms. The number of benzene rings is 2. The quantitative estimate of drug-likeness (QED) is 0.543. The number of nitrogens with zero attached hydrogens (tertiary/aromatic N) is 1. The van der Waals surface area contributed by atoms with E-state index in [-0.39, 0.29) is 5.57 Å². The van der Waals surface area contributed by atoms with Gasteiger partial charge >= 0.3 is 6.03 Å². The first-order valence-corrected chi connectivity index (χ1v) is 9.16. The Bertz CT molecular complexity index is 991. The summed E-state index contributed by atoms with van der Waals surface area (Å²) in [6, 6.07) is 8.93. The van der Waals surface area contributed by atoms with Crippen LogP contribution in [0.2, 0.25) is 0 Å². The number of carbonyl (C=O) groups excluding carboxylic acids is 3. The third-order valence-corrected chi connectivity index (χ3v) is 4.71. The number of hydrogen-bond acceptors (Lipinski definition) is 6. The highest BCUT2D eigenvalue weighted by Gasteiger charge is 2.36. The molecule has 3 rings (SSSR count). The summed E-state index contributed by atoms with van der Waals surface area (Å²) in [5.41, 5.74) is 0.587. The Labute approximate surface area is 175 Å². The minimum Gasteiger partial charge on any atom is -0.493 e. The van der Waals surface area contributed by atoms with Crippen molar-refractivity contribution in [2.24, 2.45) is 0 Å². The molecule has 1 aliphatic heterocycles. The number of halogens is 1. The van der Waals surface area contributed by atoms with Crippen LogP contribution >= 0.6 is 15.9 Å². The molecule has 2 aromatic rings. The molecule has 0 aliphatic carbocycles. The molecule has 0 unspecified atom stereocenters. The van der Waals surface area contributed by atoms with Gasteiger partial charge in [-0.15, -0.1) is 0 Å². The maximum absolute atomic E-state index is 12.9. The third-order valence-electron chi connectivity index (χ3n) is 4.18. The van der Waals surface area contributed by atoms with Crippen LogP contribution in [0.15, 0.2) is 46.4 Å². The van der Waals surface area contributed by atoms with Crippen molar-refractivity contribution in [3.63, 3.8) is 0 Å². The van der Waals surface area contributed by atoms with Crippen molar-refractivity contribution in [2.45, 2.75) is 0 Å². The van der Waals surface area contributed by atoms with Crippen LogP contribution in [-0.4, -0.2) is 39.2 Å². The first-order valence-electron chi connectivity index (χ1n) is 8.36. The van der Waals surface area contributed by atoms with Crippen LogP contribution in [0, 0.1) is 0 Å². The molecule has 0 atom stereocenters. The molecule has 0 radical (unpaired) electrons. The normalized spacial score (nSPS) is 15.4. The van der Waals surface area contributed by atoms with E-state index in [0.717, 1.165) is 9.37 Å². The fourth-order valence-electron chi connectivity index (χ4n) is 2.83. The number of amides is 4. The smallest absolute Gasteiger partial charge is 0.335 e. The van der Waals surface area contributed by atoms with Crippen LogP contribution in [0.1, 0.15) is 5.56 Å². The molecule has 1 saturated heterocycles. The van der Waals surface area contributed by atoms with E-state index in [9.17, 15) is 14.4 Å². The molecule has 8 nitrogen and oxygen atoms in total. The average molecular weight is 461 g/mol. The van der Waals surface area contributed by atoms with Gasteiger partial charge in [0.15, 0.2) is 11.5 Å². The molecule has 0 bridgehead atoms. The topological polar surface area (TPSA) is 94.2 Å². The van der Waals surface area contributed by atoms with Gasteiger partial charge in [0.1, 0.15) is 5.57 Å². The summed E-state index contributed by atoms with van der Waals surface area (Å²) in [6.45, 7) is 0. The summed E-state index contributed by atoms with van der Waals surface area (Å²) in [5.74, 6) is -0.424. The van der Waals surface area contributed by atoms with Crippen molar-refractivity contribution in [3.05, 3.63) is 52.0 Å². The first kappa shape index (κ1) is 20.4. The van der Waals surface area contributed by atoms with E-state index in [1.165, 1.54) is 27.4 Å². The number of ether oxygens (including phenoxy) is 3. The predicted molar refractivity (Wildman–Crippen MR) is 109 cm³/mol. The highest BCUT2D eigenvalue weighted by Crippen LogP contribution is 2.39. The van der Waals surface area contributed by atoms with Gasteiger partial charge in [0.05, 0.1) is 27.0 Å². The second kappa shape index (κ2) is 8.36. The number of carbonyl (C=O) groups is 3. The van der Waals surface area contributed by atoms with Gasteiger partial charge in [-0.25, -0.2) is 9.69 Å². The molecule has 4 amide bonds. The van der Waals surface area contributed by atoms with Gasteiger partial charge in [-0.3, -0.25) is 14.9 Å². The molecule has 1 aliphatic rings. The van der Waals surface area contributed by atoms with E-state index in [2.05, 4.69) is 21.2 Å². The summed E-state index contributed by atoms with van der Waals surface area (Å²) in [7, 11) is 4.39. The lowest BCUT2D eigenvalue weighted by molar-refractivity contribution is -0.122. The second-order valence-corrected chi connectivity index (χ2v) is 6.81. The molecular formula is C20H17BrN2O6. The zero-order valence-electron chi connectivity index (χ0n) is 15.8. The first-order chi connectivity index (χ1) is 13.9. The number of hydrogen-bond donors (Lipinski definition) is 1. The number of methoxy groups -OCH3 is 3. The van der Waals surface area contributed by atoms with E-state index in [1.807, 2.05) is 0 Å². The molecule has 150 valence electrons. The van der Waals surface area contributed by atoms with Gasteiger partial charge in [-0.2, -0.15) is 0 Å². The summed E-state index contributed by atoms with van der Waals surface area (Å²) in [5, 5.41) is 2.18. The highest BCUT2D eigenvalue weighted by molar-refractivity contribution is 9.10. The zero-order chi connectivity index (χ0) is 21.1. The van der Waals surface area contributed by atoms with Crippen LogP contribution in [0.3, 0.4) is 0 Å². The fourth-order valence-corrected chi connectivity index (χ4v) is 3.10. The maximum Gasteiger partial charge on any atom is 0.335 e. The Morgan fingerprint density at radius 1 is 0.931 bits per heavy atom. The van der Waals surface area contributed by atoms with E-state index in [4.69, 9.17) is 14.2 Å². The lowest BCUT2D eigenvalue weighted by Crippen LogP contribution is -2.54. The van der Waals surface area contributed by atoms with Crippen molar-refractivity contribution in [3.8, 4) is 17.2 Å². The lowest BCUT2D eigenvalue weighted by Gasteiger charge is -2.26. The molecule has 0 saturated carbocycles. The lowest BCUT2D eigenvalue weighted by atomic mass is 10.1. The molecule has 0 aromatic heterocycles. The Balaban J connectivity index is 2.06. The van der Waals surface area contributed by atoms with Crippen molar-refractivity contribution in [1.82, 2.24) is 5.32 Å². The largest absolute Gasteiger partial charge is 0.493 e. The van der Waals surface area contributed by atoms with Crippen LogP contribution in [0.4, 0.5) is 10.5 Å². The van der Waals surface area contributed by atoms with Crippen molar-refractivity contribution in [1.29, 1.82) is 0 Å². The summed E-state index contributed by atoms with van der Waals surface area (Å²) >= 11 is 3.30. The molecule has 1 heterocycles. The summed E-state index contributed by atoms with van der Waals surface area (Å²) < 4.78 is 16.6. The fraction of sp³-hybridized carbons (Fsp3) is 0.150. The van der Waals surface area contributed by atoms with Crippen molar-refractivity contribution in [2.75, 3.05) is 26.2 Å². The average Bonchev–Trinajstić information content (AvgIpc) is 2.71. The third kappa shape index (κ3) is 3.95. The maximum atomic E-state index is 12.9. The monoisotopic (exact) mass is 460 g/mol. The molecule has 1 fully saturated rings. The minimum atomic E-state index is -0.815. The zero-order valence-corrected chi connectivity index (χ0v) is 17.4. The van der Waals surface area contributed by atoms with Crippen LogP contribution < -0.4 is 24.4 Å². The molecule has 1 N–H and O–H groups in total. The van der Waals surface area contributed by atoms with E-state index in [0.29, 0.717) is 28.5 Å². The van der Waals surface area contributed by atoms with E-state index < -0.39 is 17.8 Å². The number of rotatable bonds is 5. The Morgan fingerprint density at radius 2 is 1.52 bits per heavy atom. The minimum absolute atomic E-state index is 0.207. The second-order valence-electron chi connectivity index (χ2n) is 5.89. The standard InChI is InChI=1S/C20H17BrN2O6/c1-27-15-9-11(10-16(28-2)17(15)29-3)8-14-18(24)22-20(26)23(19(14)25)13-6-4-12(21)5-7-13/h4-10H,1-3H3,(H,22,24,26). The SMILES string of the molecule is COc1cc(C=C2C(=O)NC(=O)N(c3ccc(Br)cc3)C2=O)cc(OC)c1OC. The van der Waals surface area contributed by atoms with Crippen LogP contribution in [0.25, 0.3) is 6.08 Å². The van der Waals surface area contributed by atoms with Gasteiger partial charge in [0.25, 0.3) is 11.8 Å². The molecule has 0 spiro atoms. The predicted octanol–water partition coefficient (Wildman–Crippen LogP) is 3.14. The Kier molecular flexibility index (Phi) is 5.88. The van der Waals surface area contributed by atoms with Crippen LogP contribution in [-0.2, 0) is 9.59 Å². The molecule has 29 heavy (non-hydrogen) atoms. The Morgan fingerprint density at radius 3 is 2.03 bits per heavy atom. The summed E-state index contributed by atoms with van der Waals surface area (Å²) in [6.07, 6.45) is 1.36. The van der Waals surface area contributed by atoms with Crippen LogP contribution in [0.5, 0.6) is 17.2 Å². The number of imide groups is 2. The van der Waals surface area contributed by atoms with Gasteiger partial charge in [0, 0.05) is 4.47 Å². The van der Waals surface area contributed by atoms with Gasteiger partial charge in [-0.1, -0.05) is 15.9 Å². The van der Waals surface area contributed by atoms with E-state index >= 15 is 0 Å². The number of urea groups is 1. The van der Waals surface area contributed by atoms with E-state index in [1.54, 1.807) is 36.4 Å². The number of barbiturate groups is 1. The number of nitrogens with one attached hydrogen (secondary N) is 1. The molecular weight excluding hydrogens is 444 g/mol. The van der Waals surface area contributed by atoms with Gasteiger partial charge < -0.3 is 14.2 Å². The van der Waals surface area contributed by atoms with Gasteiger partial charge in [-0.05, 0) is 48.0 Å². The van der Waals surface area contributed by atoms with Crippen molar-refractivity contribution < 1.29 is 28.6 Å². The summed E-state index contributed by atoms with van der Waals surface area (Å²) in [4.78, 5) is 38.4. The number of anilines is 1. The Hall–Kier alpha value is -3.33.